The van der Waals surface area contributed by atoms with E-state index in [2.05, 4.69) is 0 Å². The summed E-state index contributed by atoms with van der Waals surface area (Å²) >= 11 is 0. The average Bonchev–Trinajstić information content (AvgIpc) is 2.60. The first-order valence-electron chi connectivity index (χ1n) is 8.56. The molecule has 0 aromatic heterocycles. The molecule has 1 aliphatic rings. The van der Waals surface area contributed by atoms with Gasteiger partial charge in [-0.3, -0.25) is 14.4 Å². The average molecular weight is 395 g/mol. The van der Waals surface area contributed by atoms with Gasteiger partial charge in [-0.05, 0) is 17.7 Å². The highest BCUT2D eigenvalue weighted by Crippen LogP contribution is 2.16. The number of carbonyl (C=O) groups excluding carboxylic acids is 3. The molecule has 0 spiro atoms. The van der Waals surface area contributed by atoms with Crippen LogP contribution in [0.2, 0.25) is 0 Å². The van der Waals surface area contributed by atoms with Crippen molar-refractivity contribution < 1.29 is 22.8 Å². The van der Waals surface area contributed by atoms with E-state index in [1.54, 1.807) is 31.1 Å². The van der Waals surface area contributed by atoms with Crippen molar-refractivity contribution in [3.63, 3.8) is 0 Å². The van der Waals surface area contributed by atoms with E-state index in [0.717, 1.165) is 6.26 Å². The third-order valence-electron chi connectivity index (χ3n) is 4.58. The molecule has 1 fully saturated rings. The number of carbonyl (C=O) groups is 3. The van der Waals surface area contributed by atoms with Gasteiger partial charge < -0.3 is 14.7 Å². The molecular formula is C18H25N3O5S. The number of rotatable bonds is 4. The molecule has 148 valence electrons. The summed E-state index contributed by atoms with van der Waals surface area (Å²) in [6.45, 7) is 2.28. The van der Waals surface area contributed by atoms with Crippen molar-refractivity contribution in [3.05, 3.63) is 29.8 Å². The molecule has 0 N–H and O–H groups in total. The molecule has 1 aromatic carbocycles. The van der Waals surface area contributed by atoms with Crippen LogP contribution in [0.5, 0.6) is 0 Å². The van der Waals surface area contributed by atoms with E-state index in [4.69, 9.17) is 0 Å². The Morgan fingerprint density at radius 3 is 2.19 bits per heavy atom. The van der Waals surface area contributed by atoms with Gasteiger partial charge in [0.05, 0.1) is 17.9 Å². The van der Waals surface area contributed by atoms with Crippen molar-refractivity contribution in [2.75, 3.05) is 40.0 Å². The van der Waals surface area contributed by atoms with Crippen molar-refractivity contribution in [3.8, 4) is 0 Å². The van der Waals surface area contributed by atoms with Crippen molar-refractivity contribution >= 4 is 27.6 Å². The van der Waals surface area contributed by atoms with Gasteiger partial charge in [0.25, 0.3) is 0 Å². The highest BCUT2D eigenvalue weighted by molar-refractivity contribution is 7.90. The number of piperazine rings is 1. The fourth-order valence-electron chi connectivity index (χ4n) is 3.01. The predicted octanol–water partition coefficient (Wildman–Crippen LogP) is -0.220. The summed E-state index contributed by atoms with van der Waals surface area (Å²) < 4.78 is 23.1. The van der Waals surface area contributed by atoms with Crippen LogP contribution in [0.4, 0.5) is 0 Å². The molecule has 0 saturated carbocycles. The van der Waals surface area contributed by atoms with Gasteiger partial charge in [-0.15, -0.1) is 0 Å². The molecule has 1 aliphatic heterocycles. The monoisotopic (exact) mass is 395 g/mol. The minimum absolute atomic E-state index is 0.0569. The summed E-state index contributed by atoms with van der Waals surface area (Å²) in [6, 6.07) is 5.41. The van der Waals surface area contributed by atoms with Crippen molar-refractivity contribution in [1.82, 2.24) is 14.7 Å². The van der Waals surface area contributed by atoms with E-state index in [9.17, 15) is 22.8 Å². The van der Waals surface area contributed by atoms with Crippen LogP contribution in [0.3, 0.4) is 0 Å². The molecule has 0 bridgehead atoms. The fraction of sp³-hybridized carbons (Fsp3) is 0.500. The van der Waals surface area contributed by atoms with Crippen LogP contribution in [0, 0.1) is 0 Å². The summed E-state index contributed by atoms with van der Waals surface area (Å²) in [5.41, 5.74) is 0.664. The lowest BCUT2D eigenvalue weighted by molar-refractivity contribution is -0.150. The van der Waals surface area contributed by atoms with Gasteiger partial charge >= 0.3 is 0 Å². The zero-order valence-corrected chi connectivity index (χ0v) is 16.8. The van der Waals surface area contributed by atoms with Crippen molar-refractivity contribution in [2.45, 2.75) is 24.3 Å². The van der Waals surface area contributed by atoms with Gasteiger partial charge in [0.1, 0.15) is 6.04 Å². The van der Waals surface area contributed by atoms with Crippen LogP contribution < -0.4 is 0 Å². The second-order valence-corrected chi connectivity index (χ2v) is 8.91. The van der Waals surface area contributed by atoms with E-state index in [1.165, 1.54) is 28.9 Å². The van der Waals surface area contributed by atoms with Crippen LogP contribution in [0.25, 0.3) is 0 Å². The molecule has 2 rings (SSSR count). The van der Waals surface area contributed by atoms with Gasteiger partial charge in [0.2, 0.25) is 17.7 Å². The molecule has 0 radical (unpaired) electrons. The number of amides is 3. The third-order valence-corrected chi connectivity index (χ3v) is 5.71. The topological polar surface area (TPSA) is 95.1 Å². The second kappa shape index (κ2) is 8.08. The Balaban J connectivity index is 2.17. The Bertz CT molecular complexity index is 833. The predicted molar refractivity (Wildman–Crippen MR) is 99.7 cm³/mol. The number of likely N-dealkylation sites (N-methyl/N-ethyl adjacent to an activating group) is 1. The summed E-state index contributed by atoms with van der Waals surface area (Å²) in [4.78, 5) is 41.7. The smallest absolute Gasteiger partial charge is 0.246 e. The minimum atomic E-state index is -3.30. The lowest BCUT2D eigenvalue weighted by atomic mass is 10.1. The normalized spacial score (nSPS) is 17.6. The SMILES string of the molecule is CC(=O)N1CCN(C(=O)Cc2ccc(S(C)(=O)=O)cc2)C(C(=O)N(C)C)C1. The van der Waals surface area contributed by atoms with Crippen LogP contribution in [0.1, 0.15) is 12.5 Å². The maximum atomic E-state index is 12.8. The maximum absolute atomic E-state index is 12.8. The van der Waals surface area contributed by atoms with Crippen LogP contribution in [0.15, 0.2) is 29.2 Å². The summed E-state index contributed by atoms with van der Waals surface area (Å²) in [7, 11) is -0.0699. The largest absolute Gasteiger partial charge is 0.347 e. The number of hydrogen-bond donors (Lipinski definition) is 0. The Hall–Kier alpha value is -2.42. The van der Waals surface area contributed by atoms with E-state index in [1.807, 2.05) is 0 Å². The first kappa shape index (κ1) is 20.9. The van der Waals surface area contributed by atoms with Gasteiger partial charge in [-0.2, -0.15) is 0 Å². The Morgan fingerprint density at radius 2 is 1.70 bits per heavy atom. The Morgan fingerprint density at radius 1 is 1.11 bits per heavy atom. The molecule has 0 aliphatic carbocycles. The molecule has 3 amide bonds. The number of hydrogen-bond acceptors (Lipinski definition) is 5. The highest BCUT2D eigenvalue weighted by atomic mass is 32.2. The Kier molecular flexibility index (Phi) is 6.25. The van der Waals surface area contributed by atoms with Crippen molar-refractivity contribution in [2.24, 2.45) is 0 Å². The summed E-state index contributed by atoms with van der Waals surface area (Å²) in [5, 5.41) is 0. The second-order valence-electron chi connectivity index (χ2n) is 6.89. The summed E-state index contributed by atoms with van der Waals surface area (Å²) in [6.07, 6.45) is 1.18. The van der Waals surface area contributed by atoms with E-state index < -0.39 is 15.9 Å². The lowest BCUT2D eigenvalue weighted by Crippen LogP contribution is -2.61. The third kappa shape index (κ3) is 5.06. The maximum Gasteiger partial charge on any atom is 0.246 e. The van der Waals surface area contributed by atoms with Gasteiger partial charge in [0, 0.05) is 40.4 Å². The zero-order chi connectivity index (χ0) is 20.4. The van der Waals surface area contributed by atoms with Crippen LogP contribution >= 0.6 is 0 Å². The summed E-state index contributed by atoms with van der Waals surface area (Å²) in [5.74, 6) is -0.595. The lowest BCUT2D eigenvalue weighted by Gasteiger charge is -2.41. The van der Waals surface area contributed by atoms with Crippen LogP contribution in [-0.4, -0.2) is 86.9 Å². The molecule has 1 atom stereocenters. The van der Waals surface area contributed by atoms with E-state index in [-0.39, 0.29) is 42.1 Å². The fourth-order valence-corrected chi connectivity index (χ4v) is 3.64. The van der Waals surface area contributed by atoms with Crippen molar-refractivity contribution in [1.29, 1.82) is 0 Å². The molecule has 1 saturated heterocycles. The Labute approximate surface area is 159 Å². The zero-order valence-electron chi connectivity index (χ0n) is 16.0. The first-order valence-corrected chi connectivity index (χ1v) is 10.4. The van der Waals surface area contributed by atoms with Gasteiger partial charge in [0.15, 0.2) is 9.84 Å². The van der Waals surface area contributed by atoms with Gasteiger partial charge in [-0.1, -0.05) is 12.1 Å². The molecular weight excluding hydrogens is 370 g/mol. The number of nitrogens with zero attached hydrogens (tertiary/aromatic N) is 3. The van der Waals surface area contributed by atoms with Crippen LogP contribution in [-0.2, 0) is 30.6 Å². The molecule has 1 aromatic rings. The molecule has 1 unspecified atom stereocenters. The molecule has 1 heterocycles. The number of benzene rings is 1. The molecule has 9 heteroatoms. The first-order chi connectivity index (χ1) is 12.5. The quantitative estimate of drug-likeness (QED) is 0.702. The van der Waals surface area contributed by atoms with Gasteiger partial charge in [-0.25, -0.2) is 8.42 Å². The highest BCUT2D eigenvalue weighted by Gasteiger charge is 2.36. The molecule has 8 nitrogen and oxygen atoms in total. The standard InChI is InChI=1S/C18H25N3O5S/c1-13(22)20-9-10-21(16(12-20)18(24)19(2)3)17(23)11-14-5-7-15(8-6-14)27(4,25)26/h5-8,16H,9-12H2,1-4H3. The number of sulfone groups is 1. The van der Waals surface area contributed by atoms with E-state index >= 15 is 0 Å². The molecule has 27 heavy (non-hydrogen) atoms. The van der Waals surface area contributed by atoms with E-state index in [0.29, 0.717) is 12.1 Å². The minimum Gasteiger partial charge on any atom is -0.347 e.